The van der Waals surface area contributed by atoms with Crippen LogP contribution in [0.5, 0.6) is 0 Å². The van der Waals surface area contributed by atoms with Crippen LogP contribution in [0.4, 0.5) is 0 Å². The van der Waals surface area contributed by atoms with E-state index in [-0.39, 0.29) is 6.10 Å². The normalized spacial score (nSPS) is 32.4. The summed E-state index contributed by atoms with van der Waals surface area (Å²) in [7, 11) is 0. The number of aryl methyl sites for hydroxylation is 1. The molecule has 1 nitrogen and oxygen atoms in total. The van der Waals surface area contributed by atoms with E-state index in [1.807, 2.05) is 0 Å². The molecule has 0 amide bonds. The monoisotopic (exact) mass is 358 g/mol. The van der Waals surface area contributed by atoms with E-state index in [0.717, 1.165) is 26.3 Å². The predicted molar refractivity (Wildman–Crippen MR) is 75.9 cm³/mol. The minimum absolute atomic E-state index is 0.311. The van der Waals surface area contributed by atoms with Crippen LogP contribution in [0.1, 0.15) is 36.5 Å². The van der Waals surface area contributed by atoms with Crippen molar-refractivity contribution < 1.29 is 5.11 Å². The zero-order valence-corrected chi connectivity index (χ0v) is 13.0. The summed E-state index contributed by atoms with van der Waals surface area (Å²) in [5.74, 6) is 2.30. The molecule has 3 unspecified atom stereocenters. The number of aliphatic hydroxyl groups is 1. The van der Waals surface area contributed by atoms with Crippen LogP contribution < -0.4 is 0 Å². The molecule has 3 rings (SSSR count). The third kappa shape index (κ3) is 2.22. The molecule has 0 saturated heterocycles. The van der Waals surface area contributed by atoms with Crippen LogP contribution in [-0.2, 0) is 0 Å². The molecule has 0 heterocycles. The maximum absolute atomic E-state index is 10.5. The van der Waals surface area contributed by atoms with Crippen LogP contribution in [0.25, 0.3) is 0 Å². The van der Waals surface area contributed by atoms with Crippen molar-refractivity contribution in [3.05, 3.63) is 32.2 Å². The molecule has 92 valence electrons. The van der Waals surface area contributed by atoms with Gasteiger partial charge in [0.1, 0.15) is 0 Å². The Balaban J connectivity index is 1.85. The fourth-order valence-electron chi connectivity index (χ4n) is 3.16. The van der Waals surface area contributed by atoms with E-state index in [9.17, 15) is 5.11 Å². The molecule has 0 radical (unpaired) electrons. The Bertz CT molecular complexity index is 448. The SMILES string of the molecule is Cc1cc(Br)c(C(O)C2CC3CC3C2)cc1Br. The molecule has 1 N–H and O–H groups in total. The molecule has 2 saturated carbocycles. The summed E-state index contributed by atoms with van der Waals surface area (Å²) in [6, 6.07) is 4.15. The van der Waals surface area contributed by atoms with Gasteiger partial charge in [0.2, 0.25) is 0 Å². The van der Waals surface area contributed by atoms with E-state index >= 15 is 0 Å². The Hall–Kier alpha value is 0.140. The first-order valence-electron chi connectivity index (χ1n) is 6.20. The van der Waals surface area contributed by atoms with E-state index < -0.39 is 0 Å². The minimum Gasteiger partial charge on any atom is -0.388 e. The summed E-state index contributed by atoms with van der Waals surface area (Å²) >= 11 is 7.12. The Morgan fingerprint density at radius 2 is 1.76 bits per heavy atom. The van der Waals surface area contributed by atoms with Crippen molar-refractivity contribution in [1.29, 1.82) is 0 Å². The second-order valence-electron chi connectivity index (χ2n) is 5.56. The van der Waals surface area contributed by atoms with Crippen molar-refractivity contribution in [2.24, 2.45) is 17.8 Å². The summed E-state index contributed by atoms with van der Waals surface area (Å²) in [4.78, 5) is 0. The maximum atomic E-state index is 10.5. The molecule has 17 heavy (non-hydrogen) atoms. The number of hydrogen-bond acceptors (Lipinski definition) is 1. The predicted octanol–water partition coefficient (Wildman–Crippen LogP) is 4.60. The first kappa shape index (κ1) is 12.2. The topological polar surface area (TPSA) is 20.2 Å². The number of fused-ring (bicyclic) bond motifs is 1. The van der Waals surface area contributed by atoms with Gasteiger partial charge in [-0.05, 0) is 67.2 Å². The lowest BCUT2D eigenvalue weighted by Crippen LogP contribution is -2.11. The third-order valence-electron chi connectivity index (χ3n) is 4.32. The molecular formula is C14H16Br2O. The van der Waals surface area contributed by atoms with Crippen molar-refractivity contribution in [3.8, 4) is 0 Å². The van der Waals surface area contributed by atoms with Gasteiger partial charge in [0.15, 0.2) is 0 Å². The van der Waals surface area contributed by atoms with Crippen molar-refractivity contribution in [2.75, 3.05) is 0 Å². The first-order chi connectivity index (χ1) is 8.06. The van der Waals surface area contributed by atoms with Crippen molar-refractivity contribution in [3.63, 3.8) is 0 Å². The Morgan fingerprint density at radius 3 is 2.41 bits per heavy atom. The van der Waals surface area contributed by atoms with E-state index in [4.69, 9.17) is 0 Å². The first-order valence-corrected chi connectivity index (χ1v) is 7.78. The fourth-order valence-corrected chi connectivity index (χ4v) is 4.22. The third-order valence-corrected chi connectivity index (χ3v) is 5.86. The molecule has 2 aliphatic rings. The number of halogens is 2. The lowest BCUT2D eigenvalue weighted by atomic mass is 9.91. The van der Waals surface area contributed by atoms with Gasteiger partial charge in [-0.25, -0.2) is 0 Å². The zero-order valence-electron chi connectivity index (χ0n) is 9.79. The maximum Gasteiger partial charge on any atom is 0.0829 e. The van der Waals surface area contributed by atoms with Crippen LogP contribution >= 0.6 is 31.9 Å². The van der Waals surface area contributed by atoms with Crippen LogP contribution in [0.15, 0.2) is 21.1 Å². The smallest absolute Gasteiger partial charge is 0.0829 e. The second-order valence-corrected chi connectivity index (χ2v) is 7.26. The highest BCUT2D eigenvalue weighted by Gasteiger charge is 2.48. The van der Waals surface area contributed by atoms with Crippen LogP contribution in [0.3, 0.4) is 0 Å². The van der Waals surface area contributed by atoms with E-state index in [0.29, 0.717) is 5.92 Å². The summed E-state index contributed by atoms with van der Waals surface area (Å²) in [5, 5.41) is 10.5. The number of aliphatic hydroxyl groups excluding tert-OH is 1. The second kappa shape index (κ2) is 4.36. The molecule has 1 aromatic carbocycles. The number of hydrogen-bond donors (Lipinski definition) is 1. The summed E-state index contributed by atoms with van der Waals surface area (Å²) in [5.41, 5.74) is 2.23. The van der Waals surface area contributed by atoms with Gasteiger partial charge in [-0.1, -0.05) is 31.9 Å². The van der Waals surface area contributed by atoms with Gasteiger partial charge in [0.25, 0.3) is 0 Å². The minimum atomic E-state index is -0.311. The molecule has 1 aromatic rings. The van der Waals surface area contributed by atoms with Crippen molar-refractivity contribution in [2.45, 2.75) is 32.3 Å². The van der Waals surface area contributed by atoms with Crippen molar-refractivity contribution in [1.82, 2.24) is 0 Å². The quantitative estimate of drug-likeness (QED) is 0.818. The van der Waals surface area contributed by atoms with Gasteiger partial charge in [-0.3, -0.25) is 0 Å². The number of benzene rings is 1. The van der Waals surface area contributed by atoms with E-state index in [1.165, 1.54) is 24.8 Å². The Kier molecular flexibility index (Phi) is 3.12. The largest absolute Gasteiger partial charge is 0.388 e. The average molecular weight is 360 g/mol. The van der Waals surface area contributed by atoms with Gasteiger partial charge in [-0.15, -0.1) is 0 Å². The highest BCUT2D eigenvalue weighted by atomic mass is 79.9. The van der Waals surface area contributed by atoms with E-state index in [1.54, 1.807) is 0 Å². The molecule has 2 fully saturated rings. The molecule has 3 atom stereocenters. The number of rotatable bonds is 2. The highest BCUT2D eigenvalue weighted by molar-refractivity contribution is 9.11. The zero-order chi connectivity index (χ0) is 12.2. The van der Waals surface area contributed by atoms with Crippen LogP contribution in [-0.4, -0.2) is 5.11 Å². The molecule has 2 aliphatic carbocycles. The van der Waals surface area contributed by atoms with Gasteiger partial charge in [0.05, 0.1) is 6.10 Å². The summed E-state index contributed by atoms with van der Waals surface area (Å²) in [6.45, 7) is 2.07. The van der Waals surface area contributed by atoms with Gasteiger partial charge in [-0.2, -0.15) is 0 Å². The Labute approximate surface area is 119 Å². The van der Waals surface area contributed by atoms with Crippen LogP contribution in [0.2, 0.25) is 0 Å². The summed E-state index contributed by atoms with van der Waals surface area (Å²) in [6.07, 6.45) is 3.52. The summed E-state index contributed by atoms with van der Waals surface area (Å²) < 4.78 is 2.11. The molecule has 0 aliphatic heterocycles. The van der Waals surface area contributed by atoms with Crippen molar-refractivity contribution >= 4 is 31.9 Å². The van der Waals surface area contributed by atoms with Gasteiger partial charge in [0, 0.05) is 8.95 Å². The molecule has 3 heteroatoms. The molecule has 0 bridgehead atoms. The molecular weight excluding hydrogens is 344 g/mol. The molecule has 0 aromatic heterocycles. The molecule has 0 spiro atoms. The fraction of sp³-hybridized carbons (Fsp3) is 0.571. The standard InChI is InChI=1S/C14H16Br2O/c1-7-2-13(16)11(6-12(7)15)14(17)10-4-8-3-9(8)5-10/h2,6,8-10,14,17H,3-5H2,1H3. The van der Waals surface area contributed by atoms with Crippen LogP contribution in [0, 0.1) is 24.7 Å². The lowest BCUT2D eigenvalue weighted by Gasteiger charge is -2.21. The van der Waals surface area contributed by atoms with Gasteiger partial charge < -0.3 is 5.11 Å². The highest BCUT2D eigenvalue weighted by Crippen LogP contribution is 2.57. The Morgan fingerprint density at radius 1 is 1.12 bits per heavy atom. The average Bonchev–Trinajstić information content (AvgIpc) is 2.90. The van der Waals surface area contributed by atoms with E-state index in [2.05, 4.69) is 50.9 Å². The lowest BCUT2D eigenvalue weighted by molar-refractivity contribution is 0.104. The van der Waals surface area contributed by atoms with Gasteiger partial charge >= 0.3 is 0 Å².